The SMILES string of the molecule is CC1CN(S(=O)(=O)Cc2cccc(C(N)=S)c2)CCC1O. The van der Waals surface area contributed by atoms with Gasteiger partial charge in [-0.1, -0.05) is 37.3 Å². The Labute approximate surface area is 130 Å². The number of aliphatic hydroxyl groups excluding tert-OH is 1. The van der Waals surface area contributed by atoms with Gasteiger partial charge in [0.2, 0.25) is 10.0 Å². The molecular weight excluding hydrogens is 308 g/mol. The molecule has 5 nitrogen and oxygen atoms in total. The number of sulfonamides is 1. The van der Waals surface area contributed by atoms with E-state index in [4.69, 9.17) is 18.0 Å². The number of rotatable bonds is 4. The quantitative estimate of drug-likeness (QED) is 0.801. The molecule has 1 heterocycles. The lowest BCUT2D eigenvalue weighted by Crippen LogP contribution is -2.45. The lowest BCUT2D eigenvalue weighted by molar-refractivity contribution is 0.0628. The first kappa shape index (κ1) is 16.4. The van der Waals surface area contributed by atoms with Crippen molar-refractivity contribution in [2.75, 3.05) is 13.1 Å². The Hall–Kier alpha value is -1.02. The summed E-state index contributed by atoms with van der Waals surface area (Å²) in [6.07, 6.45) is 0.0576. The fourth-order valence-electron chi connectivity index (χ4n) is 2.46. The second-order valence-electron chi connectivity index (χ2n) is 5.51. The summed E-state index contributed by atoms with van der Waals surface area (Å²) in [6, 6.07) is 6.98. The van der Waals surface area contributed by atoms with Crippen LogP contribution in [0.3, 0.4) is 0 Å². The maximum atomic E-state index is 12.5. The van der Waals surface area contributed by atoms with E-state index in [9.17, 15) is 13.5 Å². The summed E-state index contributed by atoms with van der Waals surface area (Å²) in [5.74, 6) is -0.122. The minimum absolute atomic E-state index is 0.0449. The van der Waals surface area contributed by atoms with Gasteiger partial charge in [0.05, 0.1) is 11.9 Å². The molecule has 0 aromatic heterocycles. The van der Waals surface area contributed by atoms with Crippen LogP contribution in [0.5, 0.6) is 0 Å². The maximum absolute atomic E-state index is 12.5. The zero-order valence-electron chi connectivity index (χ0n) is 11.9. The van der Waals surface area contributed by atoms with Crippen LogP contribution < -0.4 is 5.73 Å². The van der Waals surface area contributed by atoms with Gasteiger partial charge in [0.1, 0.15) is 4.99 Å². The Morgan fingerprint density at radius 3 is 2.86 bits per heavy atom. The number of nitrogens with zero attached hydrogens (tertiary/aromatic N) is 1. The number of aliphatic hydroxyl groups is 1. The molecule has 0 bridgehead atoms. The largest absolute Gasteiger partial charge is 0.393 e. The van der Waals surface area contributed by atoms with E-state index in [-0.39, 0.29) is 16.7 Å². The minimum Gasteiger partial charge on any atom is -0.393 e. The number of benzene rings is 1. The molecule has 0 radical (unpaired) electrons. The fourth-order valence-corrected chi connectivity index (χ4v) is 4.22. The van der Waals surface area contributed by atoms with Crippen LogP contribution in [0, 0.1) is 5.92 Å². The molecule has 0 saturated carbocycles. The fraction of sp³-hybridized carbons (Fsp3) is 0.500. The Morgan fingerprint density at radius 2 is 2.24 bits per heavy atom. The first-order chi connectivity index (χ1) is 9.79. The Bertz CT molecular complexity index is 631. The van der Waals surface area contributed by atoms with Gasteiger partial charge in [-0.3, -0.25) is 0 Å². The second-order valence-corrected chi connectivity index (χ2v) is 7.92. The lowest BCUT2D eigenvalue weighted by atomic mass is 9.99. The van der Waals surface area contributed by atoms with Gasteiger partial charge < -0.3 is 10.8 Å². The molecule has 1 fully saturated rings. The van der Waals surface area contributed by atoms with Gasteiger partial charge in [-0.15, -0.1) is 0 Å². The van der Waals surface area contributed by atoms with Gasteiger partial charge in [0, 0.05) is 18.7 Å². The Balaban J connectivity index is 2.14. The van der Waals surface area contributed by atoms with Gasteiger partial charge in [-0.25, -0.2) is 12.7 Å². The molecule has 0 aliphatic carbocycles. The molecule has 0 amide bonds. The third-order valence-electron chi connectivity index (χ3n) is 3.78. The van der Waals surface area contributed by atoms with Crippen molar-refractivity contribution in [3.05, 3.63) is 35.4 Å². The number of thiocarbonyl (C=S) groups is 1. The zero-order valence-corrected chi connectivity index (χ0v) is 13.5. The normalized spacial score (nSPS) is 23.9. The van der Waals surface area contributed by atoms with E-state index in [1.165, 1.54) is 4.31 Å². The first-order valence-electron chi connectivity index (χ1n) is 6.84. The molecule has 7 heteroatoms. The molecule has 2 unspecified atom stereocenters. The smallest absolute Gasteiger partial charge is 0.218 e. The van der Waals surface area contributed by atoms with E-state index >= 15 is 0 Å². The van der Waals surface area contributed by atoms with Crippen LogP contribution >= 0.6 is 12.2 Å². The molecule has 0 spiro atoms. The monoisotopic (exact) mass is 328 g/mol. The van der Waals surface area contributed by atoms with E-state index in [1.54, 1.807) is 24.3 Å². The van der Waals surface area contributed by atoms with Crippen LogP contribution in [-0.4, -0.2) is 42.0 Å². The average molecular weight is 328 g/mol. The highest BCUT2D eigenvalue weighted by atomic mass is 32.2. The number of piperidine rings is 1. The predicted molar refractivity (Wildman–Crippen MR) is 86.3 cm³/mol. The molecule has 3 N–H and O–H groups in total. The summed E-state index contributed by atoms with van der Waals surface area (Å²) in [5, 5.41) is 9.70. The lowest BCUT2D eigenvalue weighted by Gasteiger charge is -2.33. The molecule has 2 atom stereocenters. The number of hydrogen-bond acceptors (Lipinski definition) is 4. The van der Waals surface area contributed by atoms with Crippen molar-refractivity contribution in [1.82, 2.24) is 4.31 Å². The summed E-state index contributed by atoms with van der Waals surface area (Å²) in [7, 11) is -3.40. The first-order valence-corrected chi connectivity index (χ1v) is 8.86. The van der Waals surface area contributed by atoms with E-state index in [0.717, 1.165) is 0 Å². The molecular formula is C14H20N2O3S2. The molecule has 1 saturated heterocycles. The summed E-state index contributed by atoms with van der Waals surface area (Å²) >= 11 is 4.91. The molecule has 2 rings (SSSR count). The third-order valence-corrected chi connectivity index (χ3v) is 5.83. The van der Waals surface area contributed by atoms with E-state index < -0.39 is 16.1 Å². The van der Waals surface area contributed by atoms with Crippen LogP contribution in [0.4, 0.5) is 0 Å². The van der Waals surface area contributed by atoms with Crippen molar-refractivity contribution in [1.29, 1.82) is 0 Å². The molecule has 1 aliphatic rings. The van der Waals surface area contributed by atoms with Crippen molar-refractivity contribution >= 4 is 27.2 Å². The predicted octanol–water partition coefficient (Wildman–Crippen LogP) is 0.853. The molecule has 21 heavy (non-hydrogen) atoms. The molecule has 1 aromatic carbocycles. The van der Waals surface area contributed by atoms with Crippen LogP contribution in [0.2, 0.25) is 0 Å². The Kier molecular flexibility index (Phi) is 4.98. The van der Waals surface area contributed by atoms with Gasteiger partial charge in [-0.05, 0) is 24.0 Å². The Morgan fingerprint density at radius 1 is 1.52 bits per heavy atom. The highest BCUT2D eigenvalue weighted by Crippen LogP contribution is 2.21. The van der Waals surface area contributed by atoms with Gasteiger partial charge in [-0.2, -0.15) is 0 Å². The second kappa shape index (κ2) is 6.39. The number of hydrogen-bond donors (Lipinski definition) is 2. The van der Waals surface area contributed by atoms with Crippen molar-refractivity contribution in [3.63, 3.8) is 0 Å². The van der Waals surface area contributed by atoms with Gasteiger partial charge in [0.25, 0.3) is 0 Å². The summed E-state index contributed by atoms with van der Waals surface area (Å²) in [6.45, 7) is 2.58. The minimum atomic E-state index is -3.40. The van der Waals surface area contributed by atoms with E-state index in [0.29, 0.717) is 30.6 Å². The summed E-state index contributed by atoms with van der Waals surface area (Å²) in [5.41, 5.74) is 6.90. The number of nitrogens with two attached hydrogens (primary N) is 1. The molecule has 116 valence electrons. The third kappa shape index (κ3) is 4.00. The van der Waals surface area contributed by atoms with Crippen molar-refractivity contribution in [2.24, 2.45) is 11.7 Å². The van der Waals surface area contributed by atoms with Crippen LogP contribution in [0.15, 0.2) is 24.3 Å². The summed E-state index contributed by atoms with van der Waals surface area (Å²) in [4.78, 5) is 0.254. The van der Waals surface area contributed by atoms with Crippen LogP contribution in [0.1, 0.15) is 24.5 Å². The average Bonchev–Trinajstić information content (AvgIpc) is 2.41. The highest BCUT2D eigenvalue weighted by Gasteiger charge is 2.31. The zero-order chi connectivity index (χ0) is 15.6. The van der Waals surface area contributed by atoms with Gasteiger partial charge in [0.15, 0.2) is 0 Å². The van der Waals surface area contributed by atoms with Crippen LogP contribution in [0.25, 0.3) is 0 Å². The van der Waals surface area contributed by atoms with Crippen molar-refractivity contribution in [3.8, 4) is 0 Å². The van der Waals surface area contributed by atoms with Crippen LogP contribution in [-0.2, 0) is 15.8 Å². The summed E-state index contributed by atoms with van der Waals surface area (Å²) < 4.78 is 26.4. The van der Waals surface area contributed by atoms with E-state index in [2.05, 4.69) is 0 Å². The van der Waals surface area contributed by atoms with Crippen molar-refractivity contribution < 1.29 is 13.5 Å². The van der Waals surface area contributed by atoms with E-state index in [1.807, 2.05) is 6.92 Å². The topological polar surface area (TPSA) is 83.6 Å². The molecule has 1 aliphatic heterocycles. The standard InChI is InChI=1S/C14H20N2O3S2/c1-10-8-16(6-5-13(10)17)21(18,19)9-11-3-2-4-12(7-11)14(15)20/h2-4,7,10,13,17H,5-6,8-9H2,1H3,(H2,15,20). The van der Waals surface area contributed by atoms with Crippen molar-refractivity contribution in [2.45, 2.75) is 25.2 Å². The molecule has 1 aromatic rings. The maximum Gasteiger partial charge on any atom is 0.218 e. The van der Waals surface area contributed by atoms with Gasteiger partial charge >= 0.3 is 0 Å². The highest BCUT2D eigenvalue weighted by molar-refractivity contribution is 7.88.